The molecular weight excluding hydrogens is 334 g/mol. The number of carbonyl (C=O) groups excluding carboxylic acids is 1. The molecule has 1 aromatic heterocycles. The van der Waals surface area contributed by atoms with Gasteiger partial charge in [-0.1, -0.05) is 6.92 Å². The third-order valence-electron chi connectivity index (χ3n) is 4.96. The van der Waals surface area contributed by atoms with E-state index >= 15 is 0 Å². The summed E-state index contributed by atoms with van der Waals surface area (Å²) in [6.45, 7) is 7.33. The first-order valence-corrected chi connectivity index (χ1v) is 9.45. The fourth-order valence-corrected chi connectivity index (χ4v) is 3.47. The lowest BCUT2D eigenvalue weighted by molar-refractivity contribution is -0.142. The lowest BCUT2D eigenvalue weighted by atomic mass is 10.2. The summed E-state index contributed by atoms with van der Waals surface area (Å²) >= 11 is 0. The third kappa shape index (κ3) is 4.32. The van der Waals surface area contributed by atoms with Gasteiger partial charge < -0.3 is 24.4 Å². The Morgan fingerprint density at radius 2 is 2.12 bits per heavy atom. The van der Waals surface area contributed by atoms with Crippen molar-refractivity contribution in [1.82, 2.24) is 29.9 Å². The Morgan fingerprint density at radius 3 is 2.77 bits per heavy atom. The van der Waals surface area contributed by atoms with Crippen LogP contribution in [0.25, 0.3) is 0 Å². The monoisotopic (exact) mass is 363 g/mol. The van der Waals surface area contributed by atoms with E-state index in [9.17, 15) is 4.79 Å². The molecule has 0 aliphatic carbocycles. The van der Waals surface area contributed by atoms with Gasteiger partial charge in [0.1, 0.15) is 18.3 Å². The van der Waals surface area contributed by atoms with Crippen molar-refractivity contribution in [2.24, 2.45) is 4.99 Å². The summed E-state index contributed by atoms with van der Waals surface area (Å²) in [5.74, 6) is 2.01. The predicted molar refractivity (Wildman–Crippen MR) is 97.9 cm³/mol. The van der Waals surface area contributed by atoms with Crippen LogP contribution in [0.1, 0.15) is 25.6 Å². The Hall–Kier alpha value is -2.16. The maximum atomic E-state index is 12.4. The van der Waals surface area contributed by atoms with Gasteiger partial charge in [0.05, 0.1) is 0 Å². The zero-order chi connectivity index (χ0) is 18.4. The molecule has 1 unspecified atom stereocenters. The summed E-state index contributed by atoms with van der Waals surface area (Å²) in [5.41, 5.74) is 0. The standard InChI is InChI=1S/C17H29N7O2/c1-3-15-21-20-13-24(15)7-6-19-17(18-2)23-10-8-22(9-11-23)16(25)14-5-4-12-26-14/h13-14H,3-12H2,1-2H3,(H,18,19). The molecule has 0 bridgehead atoms. The Labute approximate surface area is 154 Å². The van der Waals surface area contributed by atoms with E-state index in [1.165, 1.54) is 0 Å². The number of rotatable bonds is 5. The van der Waals surface area contributed by atoms with E-state index in [0.717, 1.165) is 57.2 Å². The van der Waals surface area contributed by atoms with Gasteiger partial charge in [0.2, 0.25) is 0 Å². The van der Waals surface area contributed by atoms with Gasteiger partial charge in [-0.2, -0.15) is 0 Å². The van der Waals surface area contributed by atoms with Gasteiger partial charge in [-0.25, -0.2) is 0 Å². The normalized spacial score (nSPS) is 21.3. The van der Waals surface area contributed by atoms with Crippen LogP contribution >= 0.6 is 0 Å². The van der Waals surface area contributed by atoms with Gasteiger partial charge in [0.25, 0.3) is 5.91 Å². The van der Waals surface area contributed by atoms with E-state index in [4.69, 9.17) is 4.74 Å². The Morgan fingerprint density at radius 1 is 1.35 bits per heavy atom. The highest BCUT2D eigenvalue weighted by Gasteiger charge is 2.30. The summed E-state index contributed by atoms with van der Waals surface area (Å²) in [6, 6.07) is 0. The number of nitrogens with zero attached hydrogens (tertiary/aromatic N) is 6. The molecule has 1 aromatic rings. The van der Waals surface area contributed by atoms with E-state index in [-0.39, 0.29) is 12.0 Å². The first kappa shape index (κ1) is 18.6. The molecule has 0 aromatic carbocycles. The summed E-state index contributed by atoms with van der Waals surface area (Å²) in [5, 5.41) is 11.5. The topological polar surface area (TPSA) is 87.9 Å². The molecule has 9 nitrogen and oxygen atoms in total. The molecule has 2 fully saturated rings. The lowest BCUT2D eigenvalue weighted by Crippen LogP contribution is -2.55. The predicted octanol–water partition coefficient (Wildman–Crippen LogP) is -0.261. The van der Waals surface area contributed by atoms with Gasteiger partial charge in [-0.05, 0) is 12.8 Å². The first-order chi connectivity index (χ1) is 12.7. The lowest BCUT2D eigenvalue weighted by Gasteiger charge is -2.37. The van der Waals surface area contributed by atoms with Crippen LogP contribution < -0.4 is 5.32 Å². The molecule has 144 valence electrons. The number of carbonyl (C=O) groups is 1. The Bertz CT molecular complexity index is 616. The second-order valence-electron chi connectivity index (χ2n) is 6.58. The number of aryl methyl sites for hydroxylation is 1. The number of nitrogens with one attached hydrogen (secondary N) is 1. The molecule has 0 radical (unpaired) electrons. The molecule has 3 rings (SSSR count). The highest BCUT2D eigenvalue weighted by Crippen LogP contribution is 2.16. The zero-order valence-electron chi connectivity index (χ0n) is 15.7. The SMILES string of the molecule is CCc1nncn1CCNC(=NC)N1CCN(C(=O)C2CCCO2)CC1. The fourth-order valence-electron chi connectivity index (χ4n) is 3.47. The summed E-state index contributed by atoms with van der Waals surface area (Å²) in [4.78, 5) is 20.9. The summed E-state index contributed by atoms with van der Waals surface area (Å²) < 4.78 is 7.57. The highest BCUT2D eigenvalue weighted by atomic mass is 16.5. The number of hydrogen-bond acceptors (Lipinski definition) is 5. The maximum absolute atomic E-state index is 12.4. The van der Waals surface area contributed by atoms with Crippen LogP contribution in [0, 0.1) is 0 Å². The third-order valence-corrected chi connectivity index (χ3v) is 4.96. The molecule has 2 saturated heterocycles. The van der Waals surface area contributed by atoms with Crippen LogP contribution in [-0.2, 0) is 22.5 Å². The summed E-state index contributed by atoms with van der Waals surface area (Å²) in [7, 11) is 1.79. The van der Waals surface area contributed by atoms with E-state index < -0.39 is 0 Å². The molecule has 2 aliphatic rings. The minimum atomic E-state index is -0.226. The van der Waals surface area contributed by atoms with Crippen LogP contribution in [0.15, 0.2) is 11.3 Å². The zero-order valence-corrected chi connectivity index (χ0v) is 15.7. The van der Waals surface area contributed by atoms with E-state index in [1.54, 1.807) is 13.4 Å². The van der Waals surface area contributed by atoms with Crippen LogP contribution in [0.4, 0.5) is 0 Å². The van der Waals surface area contributed by atoms with Crippen molar-refractivity contribution in [2.75, 3.05) is 46.4 Å². The average molecular weight is 363 g/mol. The number of aromatic nitrogens is 3. The maximum Gasteiger partial charge on any atom is 0.251 e. The highest BCUT2D eigenvalue weighted by molar-refractivity contribution is 5.82. The Balaban J connectivity index is 1.44. The quantitative estimate of drug-likeness (QED) is 0.573. The number of ether oxygens (including phenoxy) is 1. The molecule has 9 heteroatoms. The molecule has 26 heavy (non-hydrogen) atoms. The fraction of sp³-hybridized carbons (Fsp3) is 0.765. The van der Waals surface area contributed by atoms with Crippen LogP contribution in [-0.4, -0.2) is 88.9 Å². The van der Waals surface area contributed by atoms with Crippen molar-refractivity contribution in [2.45, 2.75) is 38.8 Å². The van der Waals surface area contributed by atoms with Gasteiger partial charge in [0.15, 0.2) is 5.96 Å². The second-order valence-corrected chi connectivity index (χ2v) is 6.58. The largest absolute Gasteiger partial charge is 0.368 e. The number of aliphatic imine (C=N–C) groups is 1. The van der Waals surface area contributed by atoms with Gasteiger partial charge in [-0.3, -0.25) is 9.79 Å². The molecule has 1 amide bonds. The number of hydrogen-bond donors (Lipinski definition) is 1. The van der Waals surface area contributed by atoms with Crippen LogP contribution in [0.2, 0.25) is 0 Å². The molecule has 2 aliphatic heterocycles. The first-order valence-electron chi connectivity index (χ1n) is 9.45. The van der Waals surface area contributed by atoms with Crippen molar-refractivity contribution in [3.8, 4) is 0 Å². The van der Waals surface area contributed by atoms with Crippen LogP contribution in [0.5, 0.6) is 0 Å². The minimum Gasteiger partial charge on any atom is -0.368 e. The van der Waals surface area contributed by atoms with E-state index in [0.29, 0.717) is 19.7 Å². The molecule has 1 atom stereocenters. The van der Waals surface area contributed by atoms with Gasteiger partial charge in [-0.15, -0.1) is 10.2 Å². The molecule has 3 heterocycles. The van der Waals surface area contributed by atoms with Gasteiger partial charge >= 0.3 is 0 Å². The van der Waals surface area contributed by atoms with E-state index in [1.807, 2.05) is 4.90 Å². The number of guanidine groups is 1. The molecule has 1 N–H and O–H groups in total. The molecule has 0 spiro atoms. The van der Waals surface area contributed by atoms with Gasteiger partial charge in [0, 0.05) is 59.3 Å². The van der Waals surface area contributed by atoms with Crippen molar-refractivity contribution in [1.29, 1.82) is 0 Å². The molecular formula is C17H29N7O2. The van der Waals surface area contributed by atoms with Crippen LogP contribution in [0.3, 0.4) is 0 Å². The van der Waals surface area contributed by atoms with Crippen molar-refractivity contribution >= 4 is 11.9 Å². The molecule has 0 saturated carbocycles. The summed E-state index contributed by atoms with van der Waals surface area (Å²) in [6.07, 6.45) is 4.24. The number of amides is 1. The van der Waals surface area contributed by atoms with Crippen molar-refractivity contribution < 1.29 is 9.53 Å². The van der Waals surface area contributed by atoms with E-state index in [2.05, 4.69) is 36.9 Å². The second kappa shape index (κ2) is 8.98. The smallest absolute Gasteiger partial charge is 0.251 e. The average Bonchev–Trinajstić information content (AvgIpc) is 3.36. The van der Waals surface area contributed by atoms with Crippen molar-refractivity contribution in [3.63, 3.8) is 0 Å². The number of piperazine rings is 1. The Kier molecular flexibility index (Phi) is 6.43. The minimum absolute atomic E-state index is 0.143. The van der Waals surface area contributed by atoms with Crippen molar-refractivity contribution in [3.05, 3.63) is 12.2 Å².